The van der Waals surface area contributed by atoms with Crippen molar-refractivity contribution >= 4 is 11.7 Å². The van der Waals surface area contributed by atoms with Crippen molar-refractivity contribution in [3.8, 4) is 11.5 Å². The van der Waals surface area contributed by atoms with E-state index in [1.165, 1.54) is 0 Å². The number of likely N-dealkylation sites (tertiary alicyclic amines) is 1. The van der Waals surface area contributed by atoms with E-state index in [4.69, 9.17) is 18.9 Å². The Morgan fingerprint density at radius 3 is 2.70 bits per heavy atom. The third-order valence-corrected chi connectivity index (χ3v) is 8.33. The monoisotopic (exact) mass is 411 g/mol. The lowest BCUT2D eigenvalue weighted by molar-refractivity contribution is -0.255. The quantitative estimate of drug-likeness (QED) is 0.704. The second kappa shape index (κ2) is 5.56. The van der Waals surface area contributed by atoms with Crippen LogP contribution in [0.2, 0.25) is 0 Å². The lowest BCUT2D eigenvalue weighted by Gasteiger charge is -2.59. The Kier molecular flexibility index (Phi) is 3.26. The minimum absolute atomic E-state index is 0.0192. The lowest BCUT2D eigenvalue weighted by atomic mass is 9.50. The molecule has 1 aromatic carbocycles. The summed E-state index contributed by atoms with van der Waals surface area (Å²) >= 11 is 0. The number of hydrogen-bond acceptors (Lipinski definition) is 6. The van der Waals surface area contributed by atoms with Gasteiger partial charge in [0.1, 0.15) is 5.41 Å². The molecule has 1 amide bonds. The molecule has 0 N–H and O–H groups in total. The molecule has 3 aliphatic carbocycles. The van der Waals surface area contributed by atoms with E-state index in [9.17, 15) is 9.59 Å². The first-order valence-corrected chi connectivity index (χ1v) is 11.1. The summed E-state index contributed by atoms with van der Waals surface area (Å²) in [5, 5.41) is 0. The van der Waals surface area contributed by atoms with Crippen LogP contribution in [-0.2, 0) is 30.9 Å². The summed E-state index contributed by atoms with van der Waals surface area (Å²) in [6.07, 6.45) is 3.85. The lowest BCUT2D eigenvalue weighted by Crippen LogP contribution is -2.75. The van der Waals surface area contributed by atoms with Gasteiger partial charge in [-0.05, 0) is 43.2 Å². The van der Waals surface area contributed by atoms with Crippen LogP contribution in [0.4, 0.5) is 0 Å². The second-order valence-corrected chi connectivity index (χ2v) is 9.65. The van der Waals surface area contributed by atoms with Crippen molar-refractivity contribution in [1.82, 2.24) is 4.90 Å². The third-order valence-electron chi connectivity index (χ3n) is 8.33. The highest BCUT2D eigenvalue weighted by Gasteiger charge is 2.76. The fraction of sp³-hybridized carbons (Fsp3) is 0.652. The Labute approximate surface area is 174 Å². The number of piperidine rings is 1. The maximum absolute atomic E-state index is 14.0. The van der Waals surface area contributed by atoms with Crippen molar-refractivity contribution in [2.24, 2.45) is 11.8 Å². The number of Topliss-reactive ketones (excluding diaryl/α,β-unsaturated/α-hetero) is 1. The van der Waals surface area contributed by atoms with E-state index in [1.54, 1.807) is 7.11 Å². The summed E-state index contributed by atoms with van der Waals surface area (Å²) < 4.78 is 24.3. The van der Waals surface area contributed by atoms with Gasteiger partial charge in [0, 0.05) is 30.5 Å². The van der Waals surface area contributed by atoms with Crippen molar-refractivity contribution < 1.29 is 28.5 Å². The molecule has 4 fully saturated rings. The Bertz CT molecular complexity index is 980. The molecular formula is C23H25NO6. The summed E-state index contributed by atoms with van der Waals surface area (Å²) in [7, 11) is 1.61. The molecule has 0 aromatic heterocycles. The molecule has 2 spiro atoms. The van der Waals surface area contributed by atoms with Gasteiger partial charge in [0.25, 0.3) is 5.91 Å². The summed E-state index contributed by atoms with van der Waals surface area (Å²) in [5.41, 5.74) is 0.906. The molecule has 7 heteroatoms. The first-order chi connectivity index (χ1) is 14.6. The Hall–Kier alpha value is -2.12. The fourth-order valence-electron chi connectivity index (χ4n) is 6.99. The van der Waals surface area contributed by atoms with Crippen LogP contribution in [-0.4, -0.2) is 61.4 Å². The van der Waals surface area contributed by atoms with Gasteiger partial charge in [-0.2, -0.15) is 0 Å². The highest BCUT2D eigenvalue weighted by Crippen LogP contribution is 2.65. The van der Waals surface area contributed by atoms with Gasteiger partial charge in [-0.15, -0.1) is 0 Å². The van der Waals surface area contributed by atoms with Gasteiger partial charge in [-0.25, -0.2) is 0 Å². The number of amides is 1. The molecule has 0 radical (unpaired) electrons. The van der Waals surface area contributed by atoms with Crippen molar-refractivity contribution in [2.45, 2.75) is 55.5 Å². The van der Waals surface area contributed by atoms with E-state index in [1.807, 2.05) is 17.0 Å². The van der Waals surface area contributed by atoms with E-state index in [0.29, 0.717) is 43.6 Å². The molecule has 2 bridgehead atoms. The van der Waals surface area contributed by atoms with Gasteiger partial charge < -0.3 is 23.8 Å². The van der Waals surface area contributed by atoms with Gasteiger partial charge in [0.15, 0.2) is 17.6 Å². The van der Waals surface area contributed by atoms with Gasteiger partial charge in [-0.3, -0.25) is 9.59 Å². The van der Waals surface area contributed by atoms with Crippen LogP contribution < -0.4 is 9.47 Å². The Morgan fingerprint density at radius 1 is 1.17 bits per heavy atom. The molecule has 6 aliphatic rings. The number of ketones is 1. The van der Waals surface area contributed by atoms with Crippen molar-refractivity contribution in [3.63, 3.8) is 0 Å². The first kappa shape index (κ1) is 17.5. The molecule has 158 valence electrons. The van der Waals surface area contributed by atoms with Crippen molar-refractivity contribution in [3.05, 3.63) is 23.3 Å². The SMILES string of the molecule is COc1ccc2c3c1O[C@H]1C4(CC[C@H]5[C@@H](C2)N(CC2CC2)C(=O)C(=O)[C@@]351)OCCO4. The maximum atomic E-state index is 14.0. The van der Waals surface area contributed by atoms with Gasteiger partial charge in [0.2, 0.25) is 11.6 Å². The number of hydrogen-bond donors (Lipinski definition) is 0. The number of carbonyl (C=O) groups is 2. The highest BCUT2D eigenvalue weighted by atomic mass is 16.8. The molecule has 7 rings (SSSR count). The zero-order chi connectivity index (χ0) is 20.3. The minimum atomic E-state index is -1.04. The van der Waals surface area contributed by atoms with Gasteiger partial charge in [-0.1, -0.05) is 6.07 Å². The predicted octanol–water partition coefficient (Wildman–Crippen LogP) is 1.59. The third kappa shape index (κ3) is 1.86. The zero-order valence-electron chi connectivity index (χ0n) is 17.0. The minimum Gasteiger partial charge on any atom is -0.493 e. The molecule has 0 unspecified atom stereocenters. The molecule has 4 atom stereocenters. The van der Waals surface area contributed by atoms with Crippen LogP contribution in [0.1, 0.15) is 36.8 Å². The number of methoxy groups -OCH3 is 1. The smallest absolute Gasteiger partial charge is 0.291 e. The molecule has 3 aliphatic heterocycles. The summed E-state index contributed by atoms with van der Waals surface area (Å²) in [4.78, 5) is 29.4. The summed E-state index contributed by atoms with van der Waals surface area (Å²) in [6.45, 7) is 1.64. The average Bonchev–Trinajstić information content (AvgIpc) is 3.32. The van der Waals surface area contributed by atoms with E-state index >= 15 is 0 Å². The number of rotatable bonds is 3. The second-order valence-electron chi connectivity index (χ2n) is 9.65. The number of fused-ring (bicyclic) bond motifs is 1. The number of carbonyl (C=O) groups excluding carboxylic acids is 2. The molecule has 2 saturated heterocycles. The number of nitrogens with zero attached hydrogens (tertiary/aromatic N) is 1. The molecule has 1 aromatic rings. The van der Waals surface area contributed by atoms with E-state index < -0.39 is 17.3 Å². The van der Waals surface area contributed by atoms with Crippen LogP contribution in [0.25, 0.3) is 0 Å². The molecule has 30 heavy (non-hydrogen) atoms. The van der Waals surface area contributed by atoms with Crippen LogP contribution in [0.5, 0.6) is 11.5 Å². The fourth-order valence-corrected chi connectivity index (χ4v) is 6.99. The van der Waals surface area contributed by atoms with Crippen LogP contribution >= 0.6 is 0 Å². The summed E-state index contributed by atoms with van der Waals surface area (Å²) in [5.74, 6) is 0.0769. The standard InChI is InChI=1S/C23H25NO6/c1-27-16-5-4-13-10-15-14-6-7-22(28-8-9-29-22)21-23(14,17(13)18(16)30-21)19(25)20(26)24(15)11-12-2-3-12/h4-5,12,14-15,21H,2-3,6-11H2,1H3/t14-,15+,21-,23-/m0/s1. The normalized spacial score (nSPS) is 37.4. The van der Waals surface area contributed by atoms with E-state index in [-0.39, 0.29) is 23.7 Å². The zero-order valence-corrected chi connectivity index (χ0v) is 17.0. The number of benzene rings is 1. The first-order valence-electron chi connectivity index (χ1n) is 11.1. The summed E-state index contributed by atoms with van der Waals surface area (Å²) in [6, 6.07) is 3.98. The Morgan fingerprint density at radius 2 is 1.97 bits per heavy atom. The molecule has 2 saturated carbocycles. The van der Waals surface area contributed by atoms with Crippen LogP contribution in [0.15, 0.2) is 12.1 Å². The average molecular weight is 411 g/mol. The van der Waals surface area contributed by atoms with Crippen LogP contribution in [0.3, 0.4) is 0 Å². The maximum Gasteiger partial charge on any atom is 0.291 e. The molecule has 3 heterocycles. The largest absolute Gasteiger partial charge is 0.493 e. The number of ether oxygens (including phenoxy) is 4. The Balaban J connectivity index is 1.48. The molecular weight excluding hydrogens is 386 g/mol. The molecule has 7 nitrogen and oxygen atoms in total. The van der Waals surface area contributed by atoms with Crippen molar-refractivity contribution in [2.75, 3.05) is 26.9 Å². The van der Waals surface area contributed by atoms with Crippen LogP contribution in [0, 0.1) is 11.8 Å². The predicted molar refractivity (Wildman–Crippen MR) is 103 cm³/mol. The van der Waals surface area contributed by atoms with E-state index in [0.717, 1.165) is 36.8 Å². The van der Waals surface area contributed by atoms with Gasteiger partial charge >= 0.3 is 0 Å². The topological polar surface area (TPSA) is 74.3 Å². The highest BCUT2D eigenvalue weighted by molar-refractivity contribution is 6.41. The van der Waals surface area contributed by atoms with Crippen molar-refractivity contribution in [1.29, 1.82) is 0 Å². The van der Waals surface area contributed by atoms with E-state index in [2.05, 4.69) is 0 Å². The van der Waals surface area contributed by atoms with Gasteiger partial charge in [0.05, 0.1) is 20.3 Å².